The van der Waals surface area contributed by atoms with E-state index in [2.05, 4.69) is 10.5 Å². The molecule has 0 fully saturated rings. The molecule has 0 aliphatic carbocycles. The molecular formula is C19H14FN5O5. The monoisotopic (exact) mass is 411 g/mol. The van der Waals surface area contributed by atoms with E-state index in [-0.39, 0.29) is 16.9 Å². The normalized spacial score (nSPS) is 10.3. The fourth-order valence-corrected chi connectivity index (χ4v) is 2.58. The van der Waals surface area contributed by atoms with Gasteiger partial charge in [-0.05, 0) is 25.1 Å². The summed E-state index contributed by atoms with van der Waals surface area (Å²) in [6, 6.07) is 11.6. The summed E-state index contributed by atoms with van der Waals surface area (Å²) >= 11 is 0. The highest BCUT2D eigenvalue weighted by Gasteiger charge is 2.18. The number of carbonyl (C=O) groups excluding carboxylic acids is 2. The van der Waals surface area contributed by atoms with Crippen LogP contribution in [0.2, 0.25) is 0 Å². The maximum absolute atomic E-state index is 14.1. The highest BCUT2D eigenvalue weighted by atomic mass is 19.1. The fourth-order valence-electron chi connectivity index (χ4n) is 2.58. The van der Waals surface area contributed by atoms with Gasteiger partial charge < -0.3 is 0 Å². The molecule has 0 aliphatic heterocycles. The van der Waals surface area contributed by atoms with Crippen LogP contribution in [-0.4, -0.2) is 26.5 Å². The molecule has 1 heterocycles. The number of rotatable bonds is 4. The number of amides is 2. The van der Waals surface area contributed by atoms with E-state index in [1.807, 2.05) is 5.43 Å². The molecule has 0 radical (unpaired) electrons. The number of hydrogen-bond donors (Lipinski definition) is 2. The third kappa shape index (κ3) is 4.19. The Bertz CT molecular complexity index is 1220. The summed E-state index contributed by atoms with van der Waals surface area (Å²) in [5, 5.41) is 14.7. The molecule has 1 aromatic heterocycles. The first-order chi connectivity index (χ1) is 14.3. The number of hydrazine groups is 1. The second kappa shape index (κ2) is 8.31. The maximum atomic E-state index is 14.1. The predicted molar refractivity (Wildman–Crippen MR) is 103 cm³/mol. The highest BCUT2D eigenvalue weighted by Crippen LogP contribution is 2.14. The van der Waals surface area contributed by atoms with E-state index in [0.717, 1.165) is 16.8 Å². The predicted octanol–water partition coefficient (Wildman–Crippen LogP) is 1.66. The van der Waals surface area contributed by atoms with Gasteiger partial charge in [0, 0.05) is 29.5 Å². The van der Waals surface area contributed by atoms with Crippen LogP contribution in [0.5, 0.6) is 0 Å². The molecule has 0 saturated heterocycles. The maximum Gasteiger partial charge on any atom is 0.294 e. The minimum atomic E-state index is -1.04. The van der Waals surface area contributed by atoms with Crippen LogP contribution < -0.4 is 16.3 Å². The first-order valence-corrected chi connectivity index (χ1v) is 8.49. The lowest BCUT2D eigenvalue weighted by atomic mass is 10.2. The van der Waals surface area contributed by atoms with Crippen LogP contribution >= 0.6 is 0 Å². The number of nitro benzene ring substituents is 1. The molecule has 3 aromatic rings. The van der Waals surface area contributed by atoms with Crippen LogP contribution in [0, 0.1) is 22.9 Å². The van der Waals surface area contributed by atoms with Gasteiger partial charge in [0.25, 0.3) is 17.5 Å². The van der Waals surface area contributed by atoms with E-state index in [1.54, 1.807) is 6.07 Å². The molecule has 10 nitrogen and oxygen atoms in total. The first-order valence-electron chi connectivity index (χ1n) is 8.49. The van der Waals surface area contributed by atoms with Crippen molar-refractivity contribution in [1.29, 1.82) is 0 Å². The van der Waals surface area contributed by atoms with Crippen molar-refractivity contribution in [3.05, 3.63) is 97.7 Å². The summed E-state index contributed by atoms with van der Waals surface area (Å²) < 4.78 is 15.2. The number of carbonyl (C=O) groups is 2. The minimum Gasteiger partial charge on any atom is -0.287 e. The average Bonchev–Trinajstić information content (AvgIpc) is 2.72. The second-order valence-electron chi connectivity index (χ2n) is 6.08. The third-order valence-corrected chi connectivity index (χ3v) is 4.01. The summed E-state index contributed by atoms with van der Waals surface area (Å²) in [6.07, 6.45) is 0. The van der Waals surface area contributed by atoms with E-state index in [1.165, 1.54) is 43.3 Å². The summed E-state index contributed by atoms with van der Waals surface area (Å²) in [5.41, 5.74) is 2.70. The number of aromatic nitrogens is 2. The zero-order chi connectivity index (χ0) is 21.8. The molecule has 0 bridgehead atoms. The number of nitro groups is 1. The molecule has 3 rings (SSSR count). The third-order valence-electron chi connectivity index (χ3n) is 4.01. The Kier molecular flexibility index (Phi) is 5.63. The first kappa shape index (κ1) is 20.3. The Hall–Kier alpha value is -4.41. The van der Waals surface area contributed by atoms with Crippen molar-refractivity contribution >= 4 is 17.5 Å². The molecular weight excluding hydrogens is 397 g/mol. The number of aryl methyl sites for hydroxylation is 1. The van der Waals surface area contributed by atoms with Crippen molar-refractivity contribution in [3.63, 3.8) is 0 Å². The van der Waals surface area contributed by atoms with E-state index >= 15 is 0 Å². The van der Waals surface area contributed by atoms with Crippen molar-refractivity contribution in [3.8, 4) is 5.69 Å². The van der Waals surface area contributed by atoms with Gasteiger partial charge in [-0.3, -0.25) is 35.3 Å². The molecule has 2 amide bonds. The topological polar surface area (TPSA) is 136 Å². The number of nitrogens with one attached hydrogen (secondary N) is 2. The van der Waals surface area contributed by atoms with Crippen LogP contribution in [0.4, 0.5) is 10.1 Å². The zero-order valence-electron chi connectivity index (χ0n) is 15.5. The zero-order valence-corrected chi connectivity index (χ0v) is 15.5. The Morgan fingerprint density at radius 3 is 2.47 bits per heavy atom. The fraction of sp³-hybridized carbons (Fsp3) is 0.0526. The summed E-state index contributed by atoms with van der Waals surface area (Å²) in [4.78, 5) is 46.8. The SMILES string of the molecule is Cc1cc(=O)c(C(=O)NNC(=O)c2cccc([N+](=O)[O-])c2)nn1-c1ccccc1F. The largest absolute Gasteiger partial charge is 0.294 e. The number of benzene rings is 2. The summed E-state index contributed by atoms with van der Waals surface area (Å²) in [5.74, 6) is -2.49. The average molecular weight is 411 g/mol. The number of nitrogens with zero attached hydrogens (tertiary/aromatic N) is 3. The molecule has 0 aliphatic rings. The van der Waals surface area contributed by atoms with Gasteiger partial charge in [0.2, 0.25) is 5.43 Å². The Balaban J connectivity index is 1.82. The summed E-state index contributed by atoms with van der Waals surface area (Å²) in [7, 11) is 0. The van der Waals surface area contributed by atoms with Gasteiger partial charge >= 0.3 is 0 Å². The number of para-hydroxylation sites is 1. The van der Waals surface area contributed by atoms with E-state index < -0.39 is 33.7 Å². The van der Waals surface area contributed by atoms with Gasteiger partial charge in [-0.15, -0.1) is 0 Å². The van der Waals surface area contributed by atoms with Crippen LogP contribution in [0.1, 0.15) is 26.5 Å². The van der Waals surface area contributed by atoms with Crippen molar-refractivity contribution in [2.75, 3.05) is 0 Å². The Morgan fingerprint density at radius 1 is 1.07 bits per heavy atom. The van der Waals surface area contributed by atoms with Gasteiger partial charge in [0.1, 0.15) is 11.5 Å². The molecule has 0 atom stereocenters. The standard InChI is InChI=1S/C19H14FN5O5/c1-11-9-16(26)17(23-24(11)15-8-3-2-7-14(15)20)19(28)22-21-18(27)12-5-4-6-13(10-12)25(29)30/h2-10H,1H3,(H,21,27)(H,22,28). The van der Waals surface area contributed by atoms with E-state index in [9.17, 15) is 28.9 Å². The lowest BCUT2D eigenvalue weighted by Crippen LogP contribution is -2.44. The van der Waals surface area contributed by atoms with Crippen LogP contribution in [0.25, 0.3) is 5.69 Å². The molecule has 152 valence electrons. The molecule has 30 heavy (non-hydrogen) atoms. The van der Waals surface area contributed by atoms with Gasteiger partial charge in [-0.1, -0.05) is 18.2 Å². The van der Waals surface area contributed by atoms with Crippen molar-refractivity contribution in [2.24, 2.45) is 0 Å². The lowest BCUT2D eigenvalue weighted by Gasteiger charge is -2.12. The number of non-ortho nitro benzene ring substituents is 1. The van der Waals surface area contributed by atoms with Gasteiger partial charge in [0.05, 0.1) is 4.92 Å². The van der Waals surface area contributed by atoms with Crippen LogP contribution in [-0.2, 0) is 0 Å². The van der Waals surface area contributed by atoms with Crippen molar-refractivity contribution < 1.29 is 18.9 Å². The molecule has 0 unspecified atom stereocenters. The molecule has 2 aromatic carbocycles. The van der Waals surface area contributed by atoms with Crippen molar-refractivity contribution in [2.45, 2.75) is 6.92 Å². The summed E-state index contributed by atoms with van der Waals surface area (Å²) in [6.45, 7) is 1.52. The molecule has 0 spiro atoms. The number of halogens is 1. The number of hydrogen-bond acceptors (Lipinski definition) is 6. The van der Waals surface area contributed by atoms with Gasteiger partial charge in [-0.25, -0.2) is 9.07 Å². The van der Waals surface area contributed by atoms with Gasteiger partial charge in [-0.2, -0.15) is 5.10 Å². The molecule has 0 saturated carbocycles. The second-order valence-corrected chi connectivity index (χ2v) is 6.08. The van der Waals surface area contributed by atoms with Crippen LogP contribution in [0.3, 0.4) is 0 Å². The van der Waals surface area contributed by atoms with E-state index in [0.29, 0.717) is 5.69 Å². The Morgan fingerprint density at radius 2 is 1.77 bits per heavy atom. The smallest absolute Gasteiger partial charge is 0.287 e. The molecule has 11 heteroatoms. The van der Waals surface area contributed by atoms with Gasteiger partial charge in [0.15, 0.2) is 5.69 Å². The van der Waals surface area contributed by atoms with E-state index in [4.69, 9.17) is 0 Å². The highest BCUT2D eigenvalue weighted by molar-refractivity contribution is 5.98. The lowest BCUT2D eigenvalue weighted by molar-refractivity contribution is -0.384. The minimum absolute atomic E-state index is 0.0321. The quantitative estimate of drug-likeness (QED) is 0.495. The van der Waals surface area contributed by atoms with Crippen LogP contribution in [0.15, 0.2) is 59.4 Å². The molecule has 2 N–H and O–H groups in total. The Labute approximate surface area is 168 Å². The van der Waals surface area contributed by atoms with Crippen molar-refractivity contribution in [1.82, 2.24) is 20.6 Å².